The first-order chi connectivity index (χ1) is 18.8. The summed E-state index contributed by atoms with van der Waals surface area (Å²) in [6, 6.07) is 41.7. The smallest absolute Gasteiger partial charge is 0.132 e. The Morgan fingerprint density at radius 2 is 1.13 bits per heavy atom. The minimum atomic E-state index is 0.276. The molecule has 0 aliphatic heterocycles. The summed E-state index contributed by atoms with van der Waals surface area (Å²) in [7, 11) is 0. The molecule has 5 aromatic rings. The molecular weight excluding hydrogens is 464 g/mol. The molecule has 4 heteroatoms. The van der Waals surface area contributed by atoms with Gasteiger partial charge in [0.15, 0.2) is 0 Å². The molecule has 2 aromatic heterocycles. The van der Waals surface area contributed by atoms with Gasteiger partial charge >= 0.3 is 0 Å². The predicted molar refractivity (Wildman–Crippen MR) is 158 cm³/mol. The first-order valence-electron chi connectivity index (χ1n) is 12.9. The molecule has 0 amide bonds. The molecule has 4 nitrogen and oxygen atoms in total. The first kappa shape index (κ1) is 23.4. The second-order valence-corrected chi connectivity index (χ2v) is 9.18. The van der Waals surface area contributed by atoms with E-state index in [9.17, 15) is 0 Å². The molecular formula is C34H28N4. The number of hydrogen-bond donors (Lipinski definition) is 1. The summed E-state index contributed by atoms with van der Waals surface area (Å²) in [5.41, 5.74) is 6.32. The summed E-state index contributed by atoms with van der Waals surface area (Å²) in [5, 5.41) is 3.37. The number of rotatable bonds is 7. The molecule has 1 unspecified atom stereocenters. The molecule has 0 fully saturated rings. The number of nitrogens with zero attached hydrogens (tertiary/aromatic N) is 3. The Labute approximate surface area is 223 Å². The molecule has 0 saturated heterocycles. The van der Waals surface area contributed by atoms with E-state index in [-0.39, 0.29) is 6.04 Å². The Hall–Kier alpha value is -4.96. The van der Waals surface area contributed by atoms with Crippen LogP contribution in [0.2, 0.25) is 0 Å². The fourth-order valence-corrected chi connectivity index (χ4v) is 4.74. The Kier molecular flexibility index (Phi) is 6.77. The van der Waals surface area contributed by atoms with Crippen molar-refractivity contribution in [2.24, 2.45) is 0 Å². The number of aromatic nitrogens is 2. The lowest BCUT2D eigenvalue weighted by Crippen LogP contribution is -2.29. The van der Waals surface area contributed by atoms with Crippen molar-refractivity contribution in [2.75, 3.05) is 10.2 Å². The molecule has 2 heterocycles. The van der Waals surface area contributed by atoms with Gasteiger partial charge in [0.05, 0.1) is 17.4 Å². The molecule has 1 N–H and O–H groups in total. The molecule has 1 aliphatic rings. The maximum atomic E-state index is 4.88. The Morgan fingerprint density at radius 3 is 1.74 bits per heavy atom. The molecule has 0 bridgehead atoms. The molecule has 0 saturated carbocycles. The van der Waals surface area contributed by atoms with Crippen molar-refractivity contribution in [3.63, 3.8) is 0 Å². The van der Waals surface area contributed by atoms with Crippen molar-refractivity contribution < 1.29 is 0 Å². The molecule has 6 rings (SSSR count). The van der Waals surface area contributed by atoms with E-state index >= 15 is 0 Å². The van der Waals surface area contributed by atoms with Gasteiger partial charge in [-0.25, -0.2) is 9.97 Å². The summed E-state index contributed by atoms with van der Waals surface area (Å²) in [6.45, 7) is 0. The summed E-state index contributed by atoms with van der Waals surface area (Å²) >= 11 is 0. The minimum absolute atomic E-state index is 0.276. The van der Waals surface area contributed by atoms with E-state index in [0.717, 1.165) is 46.3 Å². The van der Waals surface area contributed by atoms with Crippen LogP contribution < -0.4 is 10.2 Å². The van der Waals surface area contributed by atoms with Gasteiger partial charge in [-0.1, -0.05) is 97.1 Å². The zero-order valence-electron chi connectivity index (χ0n) is 21.0. The molecule has 0 spiro atoms. The molecule has 3 aromatic carbocycles. The maximum Gasteiger partial charge on any atom is 0.132 e. The second kappa shape index (κ2) is 11.0. The van der Waals surface area contributed by atoms with Crippen molar-refractivity contribution in [1.82, 2.24) is 9.97 Å². The summed E-state index contributed by atoms with van der Waals surface area (Å²) in [5.74, 6) is 1.52. The fourth-order valence-electron chi connectivity index (χ4n) is 4.74. The van der Waals surface area contributed by atoms with E-state index in [1.54, 1.807) is 0 Å². The third kappa shape index (κ3) is 5.25. The van der Waals surface area contributed by atoms with E-state index in [1.165, 1.54) is 5.69 Å². The van der Waals surface area contributed by atoms with Crippen LogP contribution in [0.3, 0.4) is 0 Å². The van der Waals surface area contributed by atoms with Crippen molar-refractivity contribution in [1.29, 1.82) is 0 Å². The van der Waals surface area contributed by atoms with Gasteiger partial charge in [-0.05, 0) is 55.0 Å². The number of nitrogens with one attached hydrogen (secondary N) is 1. The number of para-hydroxylation sites is 1. The maximum absolute atomic E-state index is 4.88. The van der Waals surface area contributed by atoms with Gasteiger partial charge in [-0.15, -0.1) is 0 Å². The predicted octanol–water partition coefficient (Wildman–Crippen LogP) is 8.58. The SMILES string of the molecule is C1=CCC(N(c2ccccc2)c2ccc(-c3cccc(Nc4cccc(-c5ccccc5)n4)n3)cc2)C=C1. The highest BCUT2D eigenvalue weighted by Gasteiger charge is 2.19. The Morgan fingerprint density at radius 1 is 0.553 bits per heavy atom. The molecule has 184 valence electrons. The van der Waals surface area contributed by atoms with Crippen molar-refractivity contribution in [3.05, 3.63) is 146 Å². The number of benzene rings is 3. The average molecular weight is 493 g/mol. The molecule has 38 heavy (non-hydrogen) atoms. The molecule has 0 radical (unpaired) electrons. The quantitative estimate of drug-likeness (QED) is 0.247. The highest BCUT2D eigenvalue weighted by atomic mass is 15.2. The normalized spacial score (nSPS) is 14.3. The second-order valence-electron chi connectivity index (χ2n) is 9.18. The van der Waals surface area contributed by atoms with Crippen LogP contribution in [0.15, 0.2) is 146 Å². The van der Waals surface area contributed by atoms with Gasteiger partial charge in [0, 0.05) is 22.5 Å². The number of allylic oxidation sites excluding steroid dienone is 2. The monoisotopic (exact) mass is 492 g/mol. The molecule has 1 atom stereocenters. The summed E-state index contributed by atoms with van der Waals surface area (Å²) in [6.07, 6.45) is 9.70. The van der Waals surface area contributed by atoms with Gasteiger partial charge in [-0.3, -0.25) is 0 Å². The summed E-state index contributed by atoms with van der Waals surface area (Å²) < 4.78 is 0. The van der Waals surface area contributed by atoms with Crippen molar-refractivity contribution >= 4 is 23.0 Å². The van der Waals surface area contributed by atoms with Crippen LogP contribution in [-0.2, 0) is 0 Å². The lowest BCUT2D eigenvalue weighted by molar-refractivity contribution is 0.785. The van der Waals surface area contributed by atoms with E-state index < -0.39 is 0 Å². The van der Waals surface area contributed by atoms with Crippen molar-refractivity contribution in [3.8, 4) is 22.5 Å². The zero-order valence-corrected chi connectivity index (χ0v) is 21.0. The van der Waals surface area contributed by atoms with Gasteiger partial charge in [0.25, 0.3) is 0 Å². The van der Waals surface area contributed by atoms with Gasteiger partial charge < -0.3 is 10.2 Å². The summed E-state index contributed by atoms with van der Waals surface area (Å²) in [4.78, 5) is 12.0. The number of pyridine rings is 2. The van der Waals surface area contributed by atoms with E-state index in [0.29, 0.717) is 0 Å². The zero-order chi connectivity index (χ0) is 25.6. The van der Waals surface area contributed by atoms with Crippen LogP contribution >= 0.6 is 0 Å². The van der Waals surface area contributed by atoms with Crippen LogP contribution in [0.5, 0.6) is 0 Å². The number of anilines is 4. The Bertz CT molecular complexity index is 1560. The van der Waals surface area contributed by atoms with Gasteiger partial charge in [-0.2, -0.15) is 0 Å². The fraction of sp³-hybridized carbons (Fsp3) is 0.0588. The standard InChI is InChI=1S/C34H28N4/c1-4-12-26(13-5-1)31-18-10-20-33(35-31)37-34-21-11-19-32(36-34)27-22-24-30(25-23-27)38(28-14-6-2-7-15-28)29-16-8-3-9-17-29/h1-16,18-25,29H,17H2,(H,35,36,37). The topological polar surface area (TPSA) is 41.0 Å². The van der Waals surface area contributed by atoms with Gasteiger partial charge in [0.2, 0.25) is 0 Å². The lowest BCUT2D eigenvalue weighted by Gasteiger charge is -2.32. The minimum Gasteiger partial charge on any atom is -0.334 e. The van der Waals surface area contributed by atoms with Crippen LogP contribution in [0.25, 0.3) is 22.5 Å². The third-order valence-electron chi connectivity index (χ3n) is 6.59. The first-order valence-corrected chi connectivity index (χ1v) is 12.9. The van der Waals surface area contributed by atoms with Crippen LogP contribution in [0, 0.1) is 0 Å². The molecule has 1 aliphatic carbocycles. The Balaban J connectivity index is 1.24. The number of hydrogen-bond acceptors (Lipinski definition) is 4. The van der Waals surface area contributed by atoms with E-state index in [4.69, 9.17) is 9.97 Å². The largest absolute Gasteiger partial charge is 0.334 e. The van der Waals surface area contributed by atoms with Crippen LogP contribution in [0.1, 0.15) is 6.42 Å². The van der Waals surface area contributed by atoms with E-state index in [1.807, 2.05) is 54.6 Å². The van der Waals surface area contributed by atoms with Gasteiger partial charge in [0.1, 0.15) is 11.6 Å². The average Bonchev–Trinajstić information content (AvgIpc) is 3.00. The lowest BCUT2D eigenvalue weighted by atomic mass is 10.0. The van der Waals surface area contributed by atoms with Crippen molar-refractivity contribution in [2.45, 2.75) is 12.5 Å². The third-order valence-corrected chi connectivity index (χ3v) is 6.59. The highest BCUT2D eigenvalue weighted by Crippen LogP contribution is 2.32. The van der Waals surface area contributed by atoms with Crippen LogP contribution in [0.4, 0.5) is 23.0 Å². The highest BCUT2D eigenvalue weighted by molar-refractivity contribution is 5.71. The van der Waals surface area contributed by atoms with Crippen LogP contribution in [-0.4, -0.2) is 16.0 Å². The van der Waals surface area contributed by atoms with E-state index in [2.05, 4.69) is 101 Å².